The number of nitro groups is 1. The molecule has 2 aromatic rings. The number of amides is 1. The molecule has 0 saturated heterocycles. The summed E-state index contributed by atoms with van der Waals surface area (Å²) in [6.45, 7) is 1.25. The van der Waals surface area contributed by atoms with Crippen LogP contribution in [0.5, 0.6) is 0 Å². The van der Waals surface area contributed by atoms with E-state index in [-0.39, 0.29) is 23.7 Å². The van der Waals surface area contributed by atoms with Gasteiger partial charge in [-0.05, 0) is 17.5 Å². The summed E-state index contributed by atoms with van der Waals surface area (Å²) in [5.41, 5.74) is 0.251. The van der Waals surface area contributed by atoms with Crippen LogP contribution in [-0.2, 0) is 14.3 Å². The van der Waals surface area contributed by atoms with Gasteiger partial charge in [0.25, 0.3) is 11.6 Å². The summed E-state index contributed by atoms with van der Waals surface area (Å²) >= 11 is 0. The molecule has 0 saturated carbocycles. The van der Waals surface area contributed by atoms with Crippen molar-refractivity contribution in [2.24, 2.45) is 0 Å². The number of rotatable bonds is 7. The normalized spacial score (nSPS) is 11.5. The van der Waals surface area contributed by atoms with Gasteiger partial charge in [-0.1, -0.05) is 37.3 Å². The Morgan fingerprint density at radius 1 is 1.23 bits per heavy atom. The molecule has 0 aliphatic heterocycles. The van der Waals surface area contributed by atoms with Gasteiger partial charge >= 0.3 is 5.97 Å². The number of nitrogens with one attached hydrogen (secondary N) is 1. The number of esters is 1. The van der Waals surface area contributed by atoms with E-state index < -0.39 is 29.2 Å². The average molecular weight is 360 g/mol. The van der Waals surface area contributed by atoms with Crippen molar-refractivity contribution in [1.82, 2.24) is 0 Å². The Hall–Kier alpha value is -3.29. The first-order valence-electron chi connectivity index (χ1n) is 7.81. The van der Waals surface area contributed by atoms with E-state index in [1.807, 2.05) is 37.3 Å². The van der Waals surface area contributed by atoms with Gasteiger partial charge in [-0.2, -0.15) is 0 Å². The Kier molecular flexibility index (Phi) is 6.37. The molecule has 2 rings (SSSR count). The first kappa shape index (κ1) is 19.0. The van der Waals surface area contributed by atoms with Crippen molar-refractivity contribution in [3.8, 4) is 0 Å². The van der Waals surface area contributed by atoms with Crippen LogP contribution in [0.25, 0.3) is 0 Å². The highest BCUT2D eigenvalue weighted by Crippen LogP contribution is 2.21. The second kappa shape index (κ2) is 8.70. The number of non-ortho nitro benzene ring substituents is 1. The summed E-state index contributed by atoms with van der Waals surface area (Å²) in [6, 6.07) is 12.1. The smallest absolute Gasteiger partial charge is 0.306 e. The number of carbonyl (C=O) groups is 2. The predicted octanol–water partition coefficient (Wildman–Crippen LogP) is 3.41. The number of ether oxygens (including phenoxy) is 1. The van der Waals surface area contributed by atoms with Gasteiger partial charge in [0.05, 0.1) is 17.0 Å². The van der Waals surface area contributed by atoms with E-state index >= 15 is 0 Å². The van der Waals surface area contributed by atoms with Crippen molar-refractivity contribution in [2.45, 2.75) is 19.3 Å². The molecule has 0 radical (unpaired) electrons. The molecule has 0 fully saturated rings. The molecule has 7 nitrogen and oxygen atoms in total. The summed E-state index contributed by atoms with van der Waals surface area (Å²) in [4.78, 5) is 33.6. The lowest BCUT2D eigenvalue weighted by molar-refractivity contribution is -0.384. The number of halogens is 1. The van der Waals surface area contributed by atoms with Crippen molar-refractivity contribution < 1.29 is 23.6 Å². The monoisotopic (exact) mass is 360 g/mol. The Morgan fingerprint density at radius 3 is 2.58 bits per heavy atom. The Labute approximate surface area is 148 Å². The number of carbonyl (C=O) groups excluding carboxylic acids is 2. The van der Waals surface area contributed by atoms with Gasteiger partial charge in [0.15, 0.2) is 6.61 Å². The first-order chi connectivity index (χ1) is 12.4. The van der Waals surface area contributed by atoms with E-state index in [1.54, 1.807) is 0 Å². The highest BCUT2D eigenvalue weighted by atomic mass is 19.1. The van der Waals surface area contributed by atoms with Crippen molar-refractivity contribution in [2.75, 3.05) is 11.9 Å². The lowest BCUT2D eigenvalue weighted by atomic mass is 9.98. The summed E-state index contributed by atoms with van der Waals surface area (Å²) in [5, 5.41) is 12.8. The Balaban J connectivity index is 1.86. The van der Waals surface area contributed by atoms with E-state index in [2.05, 4.69) is 5.32 Å². The summed E-state index contributed by atoms with van der Waals surface area (Å²) in [5.74, 6) is -2.27. The van der Waals surface area contributed by atoms with Crippen molar-refractivity contribution in [3.63, 3.8) is 0 Å². The van der Waals surface area contributed by atoms with E-state index in [0.717, 1.165) is 23.8 Å². The molecule has 0 heterocycles. The molecule has 1 N–H and O–H groups in total. The van der Waals surface area contributed by atoms with Crippen LogP contribution in [0, 0.1) is 15.9 Å². The van der Waals surface area contributed by atoms with E-state index in [0.29, 0.717) is 0 Å². The molecule has 0 unspecified atom stereocenters. The standard InChI is InChI=1S/C18H17FN2O5/c1-12(13-5-3-2-4-6-13)9-18(23)26-11-17(22)20-16-10-14(21(24)25)7-8-15(16)19/h2-8,10,12H,9,11H2,1H3,(H,20,22)/t12-/m0/s1. The number of anilines is 1. The fraction of sp³-hybridized carbons (Fsp3) is 0.222. The SMILES string of the molecule is C[C@@H](CC(=O)OCC(=O)Nc1cc([N+](=O)[O-])ccc1F)c1ccccc1. The molecule has 1 amide bonds. The van der Waals surface area contributed by atoms with Crippen LogP contribution in [-0.4, -0.2) is 23.4 Å². The highest BCUT2D eigenvalue weighted by Gasteiger charge is 2.16. The molecule has 136 valence electrons. The van der Waals surface area contributed by atoms with Gasteiger partial charge in [-0.3, -0.25) is 19.7 Å². The number of hydrogen-bond acceptors (Lipinski definition) is 5. The zero-order valence-electron chi connectivity index (χ0n) is 14.0. The minimum absolute atomic E-state index is 0.0824. The summed E-state index contributed by atoms with van der Waals surface area (Å²) in [6.07, 6.45) is 0.0858. The van der Waals surface area contributed by atoms with Crippen LogP contribution in [0.3, 0.4) is 0 Å². The van der Waals surface area contributed by atoms with Crippen LogP contribution in [0.1, 0.15) is 24.8 Å². The average Bonchev–Trinajstić information content (AvgIpc) is 2.62. The Bertz CT molecular complexity index is 810. The zero-order valence-corrected chi connectivity index (χ0v) is 14.0. The van der Waals surface area contributed by atoms with Crippen LogP contribution in [0.2, 0.25) is 0 Å². The van der Waals surface area contributed by atoms with Gasteiger partial charge in [0.2, 0.25) is 0 Å². The third kappa shape index (κ3) is 5.37. The third-order valence-electron chi connectivity index (χ3n) is 3.64. The van der Waals surface area contributed by atoms with Gasteiger partial charge in [0.1, 0.15) is 5.82 Å². The Morgan fingerprint density at radius 2 is 1.92 bits per heavy atom. The fourth-order valence-electron chi connectivity index (χ4n) is 2.26. The van der Waals surface area contributed by atoms with Gasteiger partial charge in [-0.15, -0.1) is 0 Å². The van der Waals surface area contributed by atoms with Crippen LogP contribution in [0.15, 0.2) is 48.5 Å². The number of benzene rings is 2. The molecule has 8 heteroatoms. The quantitative estimate of drug-likeness (QED) is 0.463. The fourth-order valence-corrected chi connectivity index (χ4v) is 2.26. The summed E-state index contributed by atoms with van der Waals surface area (Å²) in [7, 11) is 0. The van der Waals surface area contributed by atoms with Crippen LogP contribution < -0.4 is 5.32 Å². The maximum atomic E-state index is 13.6. The molecule has 26 heavy (non-hydrogen) atoms. The summed E-state index contributed by atoms with van der Waals surface area (Å²) < 4.78 is 18.5. The van der Waals surface area contributed by atoms with Crippen LogP contribution in [0.4, 0.5) is 15.8 Å². The van der Waals surface area contributed by atoms with E-state index in [4.69, 9.17) is 4.74 Å². The number of hydrogen-bond donors (Lipinski definition) is 1. The molecular weight excluding hydrogens is 343 g/mol. The first-order valence-corrected chi connectivity index (χ1v) is 7.81. The highest BCUT2D eigenvalue weighted by molar-refractivity contribution is 5.93. The van der Waals surface area contributed by atoms with Crippen molar-refractivity contribution in [1.29, 1.82) is 0 Å². The molecule has 0 spiro atoms. The molecule has 0 aliphatic rings. The number of nitrogens with zero attached hydrogens (tertiary/aromatic N) is 1. The topological polar surface area (TPSA) is 98.5 Å². The molecule has 1 atom stereocenters. The number of nitro benzene ring substituents is 1. The van der Waals surface area contributed by atoms with Crippen molar-refractivity contribution >= 4 is 23.3 Å². The minimum atomic E-state index is -0.826. The third-order valence-corrected chi connectivity index (χ3v) is 3.64. The lowest BCUT2D eigenvalue weighted by Crippen LogP contribution is -2.22. The molecule has 0 aliphatic carbocycles. The van der Waals surface area contributed by atoms with E-state index in [1.165, 1.54) is 0 Å². The van der Waals surface area contributed by atoms with Gasteiger partial charge in [-0.25, -0.2) is 4.39 Å². The second-order valence-corrected chi connectivity index (χ2v) is 5.65. The van der Waals surface area contributed by atoms with Gasteiger partial charge in [0, 0.05) is 12.1 Å². The molecule has 0 aromatic heterocycles. The maximum Gasteiger partial charge on any atom is 0.306 e. The lowest BCUT2D eigenvalue weighted by Gasteiger charge is -2.11. The maximum absolute atomic E-state index is 13.6. The van der Waals surface area contributed by atoms with Crippen LogP contribution >= 0.6 is 0 Å². The second-order valence-electron chi connectivity index (χ2n) is 5.65. The minimum Gasteiger partial charge on any atom is -0.456 e. The largest absolute Gasteiger partial charge is 0.456 e. The molecular formula is C18H17FN2O5. The van der Waals surface area contributed by atoms with E-state index in [9.17, 15) is 24.1 Å². The zero-order chi connectivity index (χ0) is 19.1. The van der Waals surface area contributed by atoms with Gasteiger partial charge < -0.3 is 10.1 Å². The van der Waals surface area contributed by atoms with Crippen molar-refractivity contribution in [3.05, 3.63) is 70.0 Å². The molecule has 0 bridgehead atoms. The molecule has 2 aromatic carbocycles. The predicted molar refractivity (Wildman–Crippen MR) is 92.1 cm³/mol.